The minimum Gasteiger partial charge on any atom is -0.479 e. The SMILES string of the molecule is O=C(NCCC(O)C(=O)O)Nc1nncs1. The first-order valence-electron chi connectivity index (χ1n) is 4.31. The summed E-state index contributed by atoms with van der Waals surface area (Å²) in [5, 5.41) is 29.5. The number of aliphatic carboxylic acids is 1. The summed E-state index contributed by atoms with van der Waals surface area (Å²) in [5.41, 5.74) is 1.46. The van der Waals surface area contributed by atoms with Crippen LogP contribution in [0.5, 0.6) is 0 Å². The Kier molecular flexibility index (Phi) is 4.61. The van der Waals surface area contributed by atoms with Gasteiger partial charge in [0.05, 0.1) is 0 Å². The van der Waals surface area contributed by atoms with E-state index in [9.17, 15) is 9.59 Å². The first kappa shape index (κ1) is 12.3. The minimum atomic E-state index is -1.47. The van der Waals surface area contributed by atoms with Gasteiger partial charge in [0.1, 0.15) is 5.51 Å². The molecule has 1 unspecified atom stereocenters. The topological polar surface area (TPSA) is 124 Å². The van der Waals surface area contributed by atoms with Crippen molar-refractivity contribution in [3.63, 3.8) is 0 Å². The molecule has 2 amide bonds. The minimum absolute atomic E-state index is 0.0537. The summed E-state index contributed by atoms with van der Waals surface area (Å²) in [7, 11) is 0. The molecule has 88 valence electrons. The fourth-order valence-electron chi connectivity index (χ4n) is 0.815. The molecule has 16 heavy (non-hydrogen) atoms. The average Bonchev–Trinajstić information content (AvgIpc) is 2.70. The number of nitrogens with zero attached hydrogens (tertiary/aromatic N) is 2. The maximum Gasteiger partial charge on any atom is 0.332 e. The van der Waals surface area contributed by atoms with E-state index in [0.29, 0.717) is 5.13 Å². The van der Waals surface area contributed by atoms with E-state index in [0.717, 1.165) is 11.3 Å². The normalized spacial score (nSPS) is 11.8. The van der Waals surface area contributed by atoms with Gasteiger partial charge in [-0.2, -0.15) is 0 Å². The number of amides is 2. The van der Waals surface area contributed by atoms with Gasteiger partial charge in [-0.25, -0.2) is 9.59 Å². The molecule has 0 saturated carbocycles. The number of anilines is 1. The van der Waals surface area contributed by atoms with Crippen LogP contribution < -0.4 is 10.6 Å². The van der Waals surface area contributed by atoms with Crippen molar-refractivity contribution in [2.45, 2.75) is 12.5 Å². The van der Waals surface area contributed by atoms with Crippen LogP contribution in [0.25, 0.3) is 0 Å². The summed E-state index contributed by atoms with van der Waals surface area (Å²) >= 11 is 1.16. The Balaban J connectivity index is 2.18. The second-order valence-electron chi connectivity index (χ2n) is 2.77. The van der Waals surface area contributed by atoms with Crippen molar-refractivity contribution in [2.75, 3.05) is 11.9 Å². The second-order valence-corrected chi connectivity index (χ2v) is 3.60. The predicted molar refractivity (Wildman–Crippen MR) is 55.2 cm³/mol. The zero-order chi connectivity index (χ0) is 12.0. The second kappa shape index (κ2) is 5.98. The Bertz CT molecular complexity index is 355. The zero-order valence-electron chi connectivity index (χ0n) is 8.08. The highest BCUT2D eigenvalue weighted by Crippen LogP contribution is 2.06. The van der Waals surface area contributed by atoms with Gasteiger partial charge < -0.3 is 15.5 Å². The molecule has 0 aromatic carbocycles. The van der Waals surface area contributed by atoms with Gasteiger partial charge in [-0.15, -0.1) is 10.2 Å². The van der Waals surface area contributed by atoms with Crippen LogP contribution in [0.15, 0.2) is 5.51 Å². The van der Waals surface area contributed by atoms with E-state index in [1.165, 1.54) is 5.51 Å². The van der Waals surface area contributed by atoms with Crippen molar-refractivity contribution >= 4 is 28.5 Å². The fraction of sp³-hybridized carbons (Fsp3) is 0.429. The number of carboxylic acid groups (broad SMARTS) is 1. The zero-order valence-corrected chi connectivity index (χ0v) is 8.90. The largest absolute Gasteiger partial charge is 0.479 e. The molecule has 8 nitrogen and oxygen atoms in total. The van der Waals surface area contributed by atoms with Crippen LogP contribution >= 0.6 is 11.3 Å². The quantitative estimate of drug-likeness (QED) is 0.555. The Morgan fingerprint density at radius 2 is 2.31 bits per heavy atom. The molecule has 1 aromatic heterocycles. The maximum atomic E-state index is 11.1. The van der Waals surface area contributed by atoms with Crippen molar-refractivity contribution in [1.29, 1.82) is 0 Å². The lowest BCUT2D eigenvalue weighted by Crippen LogP contribution is -2.33. The van der Waals surface area contributed by atoms with E-state index in [-0.39, 0.29) is 13.0 Å². The molecule has 4 N–H and O–H groups in total. The molecule has 0 aliphatic rings. The van der Waals surface area contributed by atoms with Crippen LogP contribution in [-0.2, 0) is 4.79 Å². The van der Waals surface area contributed by atoms with Crippen LogP contribution in [0, 0.1) is 0 Å². The number of aromatic nitrogens is 2. The van der Waals surface area contributed by atoms with Crippen molar-refractivity contribution < 1.29 is 19.8 Å². The number of nitrogens with one attached hydrogen (secondary N) is 2. The van der Waals surface area contributed by atoms with Gasteiger partial charge in [0.25, 0.3) is 0 Å². The average molecular weight is 246 g/mol. The standard InChI is InChI=1S/C7H10N4O4S/c12-4(5(13)14)1-2-8-6(15)10-7-11-9-3-16-7/h3-4,12H,1-2H2,(H,13,14)(H2,8,10,11,15). The molecule has 0 aliphatic heterocycles. The number of urea groups is 1. The number of aliphatic hydroxyl groups excluding tert-OH is 1. The van der Waals surface area contributed by atoms with Crippen molar-refractivity contribution in [1.82, 2.24) is 15.5 Å². The van der Waals surface area contributed by atoms with Gasteiger partial charge >= 0.3 is 12.0 Å². The van der Waals surface area contributed by atoms with E-state index in [4.69, 9.17) is 10.2 Å². The highest BCUT2D eigenvalue weighted by molar-refractivity contribution is 7.13. The molecule has 1 heterocycles. The smallest absolute Gasteiger partial charge is 0.332 e. The highest BCUT2D eigenvalue weighted by atomic mass is 32.1. The number of carbonyl (C=O) groups is 2. The monoisotopic (exact) mass is 246 g/mol. The third kappa shape index (κ3) is 4.19. The van der Waals surface area contributed by atoms with Crippen molar-refractivity contribution in [3.8, 4) is 0 Å². The molecule has 0 spiro atoms. The molecule has 1 aromatic rings. The van der Waals surface area contributed by atoms with Crippen molar-refractivity contribution in [3.05, 3.63) is 5.51 Å². The number of hydrogen-bond acceptors (Lipinski definition) is 6. The number of carbonyl (C=O) groups excluding carboxylic acids is 1. The lowest BCUT2D eigenvalue weighted by atomic mass is 10.2. The third-order valence-corrected chi connectivity index (χ3v) is 2.18. The Morgan fingerprint density at radius 1 is 1.56 bits per heavy atom. The van der Waals surface area contributed by atoms with E-state index in [1.807, 2.05) is 0 Å². The van der Waals surface area contributed by atoms with Crippen LogP contribution in [0.2, 0.25) is 0 Å². The summed E-state index contributed by atoms with van der Waals surface area (Å²) in [6.07, 6.45) is -1.53. The van der Waals surface area contributed by atoms with E-state index >= 15 is 0 Å². The molecule has 1 rings (SSSR count). The Labute approximate surface area is 94.3 Å². The predicted octanol–water partition coefficient (Wildman–Crippen LogP) is -0.505. The summed E-state index contributed by atoms with van der Waals surface area (Å²) in [5.74, 6) is -1.31. The van der Waals surface area contributed by atoms with E-state index in [2.05, 4.69) is 20.8 Å². The molecule has 0 aliphatic carbocycles. The van der Waals surface area contributed by atoms with Gasteiger partial charge in [0.15, 0.2) is 6.10 Å². The molecule has 0 fully saturated rings. The molecule has 0 radical (unpaired) electrons. The van der Waals surface area contributed by atoms with Crippen molar-refractivity contribution in [2.24, 2.45) is 0 Å². The Morgan fingerprint density at radius 3 is 2.88 bits per heavy atom. The van der Waals surface area contributed by atoms with E-state index < -0.39 is 18.1 Å². The molecule has 9 heteroatoms. The third-order valence-electron chi connectivity index (χ3n) is 1.57. The summed E-state index contributed by atoms with van der Waals surface area (Å²) in [6.45, 7) is 0.0537. The van der Waals surface area contributed by atoms with Gasteiger partial charge in [-0.1, -0.05) is 11.3 Å². The fourth-order valence-corrected chi connectivity index (χ4v) is 1.25. The van der Waals surface area contributed by atoms with Gasteiger partial charge in [-0.3, -0.25) is 5.32 Å². The Hall–Kier alpha value is -1.74. The summed E-state index contributed by atoms with van der Waals surface area (Å²) < 4.78 is 0. The summed E-state index contributed by atoms with van der Waals surface area (Å²) in [6, 6.07) is -0.519. The van der Waals surface area contributed by atoms with E-state index in [1.54, 1.807) is 0 Å². The number of hydrogen-bond donors (Lipinski definition) is 4. The summed E-state index contributed by atoms with van der Waals surface area (Å²) in [4.78, 5) is 21.4. The molecule has 1 atom stereocenters. The lowest BCUT2D eigenvalue weighted by molar-refractivity contribution is -0.146. The number of rotatable bonds is 5. The van der Waals surface area contributed by atoms with Crippen LogP contribution in [0.4, 0.5) is 9.93 Å². The first-order chi connectivity index (χ1) is 7.59. The molecular weight excluding hydrogens is 236 g/mol. The molecule has 0 bridgehead atoms. The first-order valence-corrected chi connectivity index (χ1v) is 5.19. The molecule has 0 saturated heterocycles. The van der Waals surface area contributed by atoms with Gasteiger partial charge in [0.2, 0.25) is 5.13 Å². The molecular formula is C7H10N4O4S. The van der Waals surface area contributed by atoms with Crippen LogP contribution in [-0.4, -0.2) is 45.1 Å². The van der Waals surface area contributed by atoms with Crippen LogP contribution in [0.1, 0.15) is 6.42 Å². The van der Waals surface area contributed by atoms with Gasteiger partial charge in [-0.05, 0) is 0 Å². The number of carboxylic acids is 1. The highest BCUT2D eigenvalue weighted by Gasteiger charge is 2.12. The maximum absolute atomic E-state index is 11.1. The number of aliphatic hydroxyl groups is 1. The van der Waals surface area contributed by atoms with Crippen LogP contribution in [0.3, 0.4) is 0 Å². The lowest BCUT2D eigenvalue weighted by Gasteiger charge is -2.06. The van der Waals surface area contributed by atoms with Gasteiger partial charge in [0, 0.05) is 13.0 Å².